The third kappa shape index (κ3) is 4.32. The summed E-state index contributed by atoms with van der Waals surface area (Å²) in [5.74, 6) is -1.77. The number of carbonyl (C=O) groups is 2. The van der Waals surface area contributed by atoms with Crippen molar-refractivity contribution in [3.05, 3.63) is 34.8 Å². The van der Waals surface area contributed by atoms with Gasteiger partial charge >= 0.3 is 5.97 Å². The van der Waals surface area contributed by atoms with E-state index in [4.69, 9.17) is 20.1 Å². The molecule has 134 valence electrons. The van der Waals surface area contributed by atoms with E-state index >= 15 is 0 Å². The standard InChI is InChI=1S/C18H17N3O4S/c1-10(20)14(8-19)15(22)9-25-18(23)16-11(2)21-17(26-16)12-4-6-13(24-3)7-5-12/h4-7,14,20H,9H2,1-3H3/t14-/m1/s1. The topological polar surface area (TPSA) is 113 Å². The lowest BCUT2D eigenvalue weighted by Crippen LogP contribution is -2.25. The maximum absolute atomic E-state index is 12.2. The van der Waals surface area contributed by atoms with Gasteiger partial charge in [0.25, 0.3) is 0 Å². The molecule has 7 nitrogen and oxygen atoms in total. The molecule has 1 N–H and O–H groups in total. The van der Waals surface area contributed by atoms with Crippen molar-refractivity contribution in [2.45, 2.75) is 13.8 Å². The van der Waals surface area contributed by atoms with Crippen molar-refractivity contribution in [3.8, 4) is 22.4 Å². The van der Waals surface area contributed by atoms with Crippen LogP contribution in [0.3, 0.4) is 0 Å². The minimum Gasteiger partial charge on any atom is -0.497 e. The fraction of sp³-hybridized carbons (Fsp3) is 0.278. The van der Waals surface area contributed by atoms with Crippen LogP contribution in [0.4, 0.5) is 0 Å². The highest BCUT2D eigenvalue weighted by Gasteiger charge is 2.23. The zero-order valence-corrected chi connectivity index (χ0v) is 15.3. The Bertz CT molecular complexity index is 881. The Morgan fingerprint density at radius 1 is 1.35 bits per heavy atom. The summed E-state index contributed by atoms with van der Waals surface area (Å²) in [6, 6.07) is 8.98. The third-order valence-electron chi connectivity index (χ3n) is 3.55. The summed E-state index contributed by atoms with van der Waals surface area (Å²) in [5.41, 5.74) is 1.25. The van der Waals surface area contributed by atoms with Crippen LogP contribution in [-0.4, -0.2) is 36.2 Å². The van der Waals surface area contributed by atoms with Gasteiger partial charge in [-0.2, -0.15) is 5.26 Å². The van der Waals surface area contributed by atoms with Gasteiger partial charge in [0.1, 0.15) is 21.6 Å². The van der Waals surface area contributed by atoms with Crippen LogP contribution in [0, 0.1) is 29.6 Å². The fourth-order valence-electron chi connectivity index (χ4n) is 2.14. The van der Waals surface area contributed by atoms with Crippen molar-refractivity contribution in [1.82, 2.24) is 4.98 Å². The largest absolute Gasteiger partial charge is 0.497 e. The van der Waals surface area contributed by atoms with E-state index in [0.29, 0.717) is 21.3 Å². The van der Waals surface area contributed by atoms with Crippen LogP contribution < -0.4 is 4.74 Å². The quantitative estimate of drug-likeness (QED) is 0.591. The molecular weight excluding hydrogens is 354 g/mol. The molecule has 2 rings (SSSR count). The molecule has 2 aromatic rings. The number of Topliss-reactive ketones (excluding diaryl/α,β-unsaturated/α-hetero) is 1. The number of nitrogens with zero attached hydrogens (tertiary/aromatic N) is 2. The second-order valence-corrected chi connectivity index (χ2v) is 6.45. The highest BCUT2D eigenvalue weighted by atomic mass is 32.1. The SMILES string of the molecule is COc1ccc(-c2nc(C)c(C(=O)OCC(=O)[C@H](C#N)C(C)=N)s2)cc1. The van der Waals surface area contributed by atoms with Crippen molar-refractivity contribution in [2.75, 3.05) is 13.7 Å². The second-order valence-electron chi connectivity index (χ2n) is 5.45. The number of carbonyl (C=O) groups excluding carboxylic acids is 2. The highest BCUT2D eigenvalue weighted by molar-refractivity contribution is 7.17. The van der Waals surface area contributed by atoms with Gasteiger partial charge in [0.2, 0.25) is 0 Å². The Morgan fingerprint density at radius 2 is 2.00 bits per heavy atom. The first-order valence-electron chi connectivity index (χ1n) is 7.63. The van der Waals surface area contributed by atoms with Crippen LogP contribution in [0.2, 0.25) is 0 Å². The molecule has 26 heavy (non-hydrogen) atoms. The van der Waals surface area contributed by atoms with Crippen LogP contribution in [0.5, 0.6) is 5.75 Å². The van der Waals surface area contributed by atoms with Crippen LogP contribution in [-0.2, 0) is 9.53 Å². The molecule has 0 saturated carbocycles. The number of aromatic nitrogens is 1. The lowest BCUT2D eigenvalue weighted by molar-refractivity contribution is -0.122. The van der Waals surface area contributed by atoms with Gasteiger partial charge in [0.05, 0.1) is 18.9 Å². The van der Waals surface area contributed by atoms with Gasteiger partial charge in [-0.15, -0.1) is 11.3 Å². The lowest BCUT2D eigenvalue weighted by atomic mass is 10.0. The number of thiazole rings is 1. The van der Waals surface area contributed by atoms with Gasteiger partial charge in [-0.25, -0.2) is 9.78 Å². The number of nitriles is 1. The molecule has 0 aliphatic carbocycles. The highest BCUT2D eigenvalue weighted by Crippen LogP contribution is 2.29. The molecule has 0 bridgehead atoms. The van der Waals surface area contributed by atoms with Crippen LogP contribution >= 0.6 is 11.3 Å². The summed E-state index contributed by atoms with van der Waals surface area (Å²) < 4.78 is 10.1. The van der Waals surface area contributed by atoms with Crippen molar-refractivity contribution >= 4 is 28.8 Å². The lowest BCUT2D eigenvalue weighted by Gasteiger charge is -2.06. The van der Waals surface area contributed by atoms with Gasteiger partial charge in [-0.1, -0.05) is 0 Å². The van der Waals surface area contributed by atoms with E-state index in [-0.39, 0.29) is 5.71 Å². The number of aryl methyl sites for hydroxylation is 1. The van der Waals surface area contributed by atoms with Gasteiger partial charge in [-0.05, 0) is 38.1 Å². The van der Waals surface area contributed by atoms with Gasteiger partial charge < -0.3 is 14.9 Å². The molecule has 0 radical (unpaired) electrons. The van der Waals surface area contributed by atoms with Crippen LogP contribution in [0.1, 0.15) is 22.3 Å². The molecule has 0 aliphatic heterocycles. The molecule has 0 amide bonds. The van der Waals surface area contributed by atoms with E-state index in [1.807, 2.05) is 12.1 Å². The number of rotatable bonds is 7. The van der Waals surface area contributed by atoms with E-state index in [1.54, 1.807) is 32.2 Å². The number of hydrogen-bond acceptors (Lipinski definition) is 8. The zero-order chi connectivity index (χ0) is 19.3. The average molecular weight is 371 g/mol. The normalized spacial score (nSPS) is 11.3. The molecule has 0 fully saturated rings. The molecule has 0 unspecified atom stereocenters. The summed E-state index contributed by atoms with van der Waals surface area (Å²) in [4.78, 5) is 28.8. The molecule has 0 aliphatic rings. The van der Waals surface area contributed by atoms with Crippen molar-refractivity contribution < 1.29 is 19.1 Å². The van der Waals surface area contributed by atoms with Crippen molar-refractivity contribution in [2.24, 2.45) is 5.92 Å². The third-order valence-corrected chi connectivity index (χ3v) is 4.74. The first-order valence-corrected chi connectivity index (χ1v) is 8.45. The molecule has 8 heteroatoms. The van der Waals surface area contributed by atoms with Crippen molar-refractivity contribution in [1.29, 1.82) is 10.7 Å². The summed E-state index contributed by atoms with van der Waals surface area (Å²) in [5, 5.41) is 16.9. The Balaban J connectivity index is 2.10. The number of hydrogen-bond donors (Lipinski definition) is 1. The minimum absolute atomic E-state index is 0.0793. The molecule has 1 aromatic carbocycles. The Labute approximate surface area is 154 Å². The number of ketones is 1. The molecule has 1 atom stereocenters. The number of ether oxygens (including phenoxy) is 2. The number of benzene rings is 1. The number of nitrogens with one attached hydrogen (secondary N) is 1. The molecule has 1 aromatic heterocycles. The first-order chi connectivity index (χ1) is 12.4. The molecular formula is C18H17N3O4S. The maximum atomic E-state index is 12.2. The van der Waals surface area contributed by atoms with E-state index in [0.717, 1.165) is 16.9 Å². The summed E-state index contributed by atoms with van der Waals surface area (Å²) >= 11 is 1.16. The maximum Gasteiger partial charge on any atom is 0.350 e. The predicted octanol–water partition coefficient (Wildman–Crippen LogP) is 3.03. The summed E-state index contributed by atoms with van der Waals surface area (Å²) in [6.45, 7) is 2.49. The fourth-order valence-corrected chi connectivity index (χ4v) is 3.10. The summed E-state index contributed by atoms with van der Waals surface area (Å²) in [7, 11) is 1.58. The minimum atomic E-state index is -1.19. The Hall–Kier alpha value is -3.05. The molecule has 0 spiro atoms. The molecule has 1 heterocycles. The molecule has 0 saturated heterocycles. The van der Waals surface area contributed by atoms with E-state index < -0.39 is 24.3 Å². The Kier molecular flexibility index (Phi) is 6.20. The monoisotopic (exact) mass is 371 g/mol. The first kappa shape index (κ1) is 19.3. The smallest absolute Gasteiger partial charge is 0.350 e. The van der Waals surface area contributed by atoms with Gasteiger partial charge in [0, 0.05) is 11.3 Å². The van der Waals surface area contributed by atoms with E-state index in [9.17, 15) is 9.59 Å². The van der Waals surface area contributed by atoms with E-state index in [2.05, 4.69) is 4.98 Å². The average Bonchev–Trinajstić information content (AvgIpc) is 3.02. The van der Waals surface area contributed by atoms with Crippen molar-refractivity contribution in [3.63, 3.8) is 0 Å². The number of esters is 1. The zero-order valence-electron chi connectivity index (χ0n) is 14.5. The Morgan fingerprint density at radius 3 is 2.54 bits per heavy atom. The van der Waals surface area contributed by atoms with Gasteiger partial charge in [0.15, 0.2) is 12.4 Å². The number of methoxy groups -OCH3 is 1. The predicted molar refractivity (Wildman–Crippen MR) is 96.6 cm³/mol. The van der Waals surface area contributed by atoms with Crippen LogP contribution in [0.25, 0.3) is 10.6 Å². The van der Waals surface area contributed by atoms with Gasteiger partial charge in [-0.3, -0.25) is 4.79 Å². The summed E-state index contributed by atoms with van der Waals surface area (Å²) in [6.07, 6.45) is 0. The second kappa shape index (κ2) is 8.36. The van der Waals surface area contributed by atoms with E-state index in [1.165, 1.54) is 6.92 Å². The van der Waals surface area contributed by atoms with Crippen LogP contribution in [0.15, 0.2) is 24.3 Å².